The maximum atomic E-state index is 11.6. The Morgan fingerprint density at radius 3 is 2.29 bits per heavy atom. The number of carbonyl (C=O) groups is 2. The van der Waals surface area contributed by atoms with Crippen molar-refractivity contribution >= 4 is 24.3 Å². The summed E-state index contributed by atoms with van der Waals surface area (Å²) in [5.74, 6) is -0.563. The van der Waals surface area contributed by atoms with Gasteiger partial charge in [0.05, 0.1) is 6.61 Å². The number of carbonyl (C=O) groups excluding carboxylic acids is 2. The SMILES string of the molecule is CCCCOC(=O)CCCCC(N)C(=O)OC(C)(C)C.Cl. The molecular weight excluding hydrogens is 294 g/mol. The molecule has 6 heteroatoms. The van der Waals surface area contributed by atoms with Gasteiger partial charge >= 0.3 is 11.9 Å². The maximum Gasteiger partial charge on any atom is 0.323 e. The van der Waals surface area contributed by atoms with E-state index in [0.717, 1.165) is 12.8 Å². The molecule has 0 fully saturated rings. The van der Waals surface area contributed by atoms with Crippen LogP contribution in [0.15, 0.2) is 0 Å². The van der Waals surface area contributed by atoms with Crippen molar-refractivity contribution in [1.29, 1.82) is 0 Å². The van der Waals surface area contributed by atoms with E-state index >= 15 is 0 Å². The largest absolute Gasteiger partial charge is 0.466 e. The molecule has 0 aromatic carbocycles. The number of unbranched alkanes of at least 4 members (excludes halogenated alkanes) is 2. The average Bonchev–Trinajstić information content (AvgIpc) is 2.32. The van der Waals surface area contributed by atoms with Crippen LogP contribution >= 0.6 is 12.4 Å². The fourth-order valence-electron chi connectivity index (χ4n) is 1.53. The standard InChI is InChI=1S/C15H29NO4.ClH/c1-5-6-11-19-13(17)10-8-7-9-12(16)14(18)20-15(2,3)4;/h12H,5-11,16H2,1-4H3;1H. The van der Waals surface area contributed by atoms with Crippen LogP contribution in [0.3, 0.4) is 0 Å². The monoisotopic (exact) mass is 323 g/mol. The Hall–Kier alpha value is -0.810. The second-order valence-corrected chi connectivity index (χ2v) is 5.96. The van der Waals surface area contributed by atoms with E-state index in [0.29, 0.717) is 32.3 Å². The number of nitrogens with two attached hydrogens (primary N) is 1. The van der Waals surface area contributed by atoms with E-state index in [1.54, 1.807) is 0 Å². The van der Waals surface area contributed by atoms with E-state index in [9.17, 15) is 9.59 Å². The Kier molecular flexibility index (Phi) is 12.6. The molecule has 0 aliphatic heterocycles. The number of hydrogen-bond donors (Lipinski definition) is 1. The van der Waals surface area contributed by atoms with E-state index in [1.165, 1.54) is 0 Å². The van der Waals surface area contributed by atoms with Crippen LogP contribution in [-0.4, -0.2) is 30.2 Å². The van der Waals surface area contributed by atoms with Crippen molar-refractivity contribution in [3.8, 4) is 0 Å². The molecule has 1 unspecified atom stereocenters. The molecule has 0 spiro atoms. The molecule has 0 saturated carbocycles. The summed E-state index contributed by atoms with van der Waals surface area (Å²) in [6.45, 7) is 7.97. The van der Waals surface area contributed by atoms with Gasteiger partial charge in [-0.2, -0.15) is 0 Å². The van der Waals surface area contributed by atoms with Gasteiger partial charge in [-0.25, -0.2) is 0 Å². The van der Waals surface area contributed by atoms with Crippen LogP contribution in [0.25, 0.3) is 0 Å². The molecule has 0 heterocycles. The highest BCUT2D eigenvalue weighted by Crippen LogP contribution is 2.11. The van der Waals surface area contributed by atoms with Crippen LogP contribution in [0.1, 0.15) is 66.2 Å². The smallest absolute Gasteiger partial charge is 0.323 e. The molecule has 0 aromatic heterocycles. The molecule has 21 heavy (non-hydrogen) atoms. The van der Waals surface area contributed by atoms with E-state index in [-0.39, 0.29) is 24.3 Å². The first-order chi connectivity index (χ1) is 9.26. The van der Waals surface area contributed by atoms with Crippen LogP contribution in [0.2, 0.25) is 0 Å². The predicted octanol–water partition coefficient (Wildman–Crippen LogP) is 2.98. The molecule has 0 saturated heterocycles. The lowest BCUT2D eigenvalue weighted by Crippen LogP contribution is -2.37. The van der Waals surface area contributed by atoms with Crippen LogP contribution < -0.4 is 5.73 Å². The summed E-state index contributed by atoms with van der Waals surface area (Å²) in [5, 5.41) is 0. The topological polar surface area (TPSA) is 78.6 Å². The van der Waals surface area contributed by atoms with Gasteiger partial charge in [-0.05, 0) is 40.0 Å². The second-order valence-electron chi connectivity index (χ2n) is 5.96. The highest BCUT2D eigenvalue weighted by Gasteiger charge is 2.21. The summed E-state index contributed by atoms with van der Waals surface area (Å²) >= 11 is 0. The summed E-state index contributed by atoms with van der Waals surface area (Å²) in [5.41, 5.74) is 5.23. The molecule has 1 atom stereocenters. The van der Waals surface area contributed by atoms with Gasteiger partial charge in [0.25, 0.3) is 0 Å². The molecule has 0 rings (SSSR count). The molecule has 5 nitrogen and oxygen atoms in total. The van der Waals surface area contributed by atoms with E-state index in [1.807, 2.05) is 27.7 Å². The van der Waals surface area contributed by atoms with Crippen LogP contribution in [0, 0.1) is 0 Å². The predicted molar refractivity (Wildman–Crippen MR) is 85.4 cm³/mol. The average molecular weight is 324 g/mol. The van der Waals surface area contributed by atoms with E-state index in [4.69, 9.17) is 15.2 Å². The van der Waals surface area contributed by atoms with Crippen LogP contribution in [0.5, 0.6) is 0 Å². The lowest BCUT2D eigenvalue weighted by Gasteiger charge is -2.22. The first-order valence-electron chi connectivity index (χ1n) is 7.40. The molecule has 126 valence electrons. The van der Waals surface area contributed by atoms with Gasteiger partial charge in [0.1, 0.15) is 11.6 Å². The molecule has 0 bridgehead atoms. The highest BCUT2D eigenvalue weighted by atomic mass is 35.5. The minimum Gasteiger partial charge on any atom is -0.466 e. The van der Waals surface area contributed by atoms with Gasteiger partial charge in [0.2, 0.25) is 0 Å². The van der Waals surface area contributed by atoms with Crippen molar-refractivity contribution in [2.24, 2.45) is 5.73 Å². The van der Waals surface area contributed by atoms with Crippen molar-refractivity contribution in [3.05, 3.63) is 0 Å². The summed E-state index contributed by atoms with van der Waals surface area (Å²) < 4.78 is 10.2. The van der Waals surface area contributed by atoms with Crippen molar-refractivity contribution in [1.82, 2.24) is 0 Å². The molecule has 0 aliphatic carbocycles. The van der Waals surface area contributed by atoms with Gasteiger partial charge in [-0.15, -0.1) is 12.4 Å². The summed E-state index contributed by atoms with van der Waals surface area (Å²) in [7, 11) is 0. The lowest BCUT2D eigenvalue weighted by atomic mass is 10.1. The van der Waals surface area contributed by atoms with Crippen molar-refractivity contribution in [2.45, 2.75) is 77.9 Å². The minimum atomic E-state index is -0.620. The van der Waals surface area contributed by atoms with Gasteiger partial charge in [0.15, 0.2) is 0 Å². The zero-order chi connectivity index (χ0) is 15.6. The number of hydrogen-bond acceptors (Lipinski definition) is 5. The number of rotatable bonds is 9. The number of halogens is 1. The Balaban J connectivity index is 0. The lowest BCUT2D eigenvalue weighted by molar-refractivity contribution is -0.156. The third-order valence-corrected chi connectivity index (χ3v) is 2.62. The zero-order valence-corrected chi connectivity index (χ0v) is 14.5. The molecule has 0 aliphatic rings. The fraction of sp³-hybridized carbons (Fsp3) is 0.867. The summed E-state index contributed by atoms with van der Waals surface area (Å²) in [6.07, 6.45) is 4.21. The van der Waals surface area contributed by atoms with Gasteiger partial charge in [-0.3, -0.25) is 9.59 Å². The summed E-state index contributed by atoms with van der Waals surface area (Å²) in [4.78, 5) is 23.0. The zero-order valence-electron chi connectivity index (χ0n) is 13.6. The number of esters is 2. The first kappa shape index (κ1) is 22.5. The van der Waals surface area contributed by atoms with Crippen molar-refractivity contribution < 1.29 is 19.1 Å². The molecule has 0 aromatic rings. The highest BCUT2D eigenvalue weighted by molar-refractivity contribution is 5.85. The molecular formula is C15H30ClNO4. The third-order valence-electron chi connectivity index (χ3n) is 2.62. The van der Waals surface area contributed by atoms with Gasteiger partial charge in [0, 0.05) is 6.42 Å². The van der Waals surface area contributed by atoms with Crippen molar-refractivity contribution in [3.63, 3.8) is 0 Å². The molecule has 0 radical (unpaired) electrons. The Bertz CT molecular complexity index is 303. The Morgan fingerprint density at radius 1 is 1.14 bits per heavy atom. The van der Waals surface area contributed by atoms with Gasteiger partial charge in [-0.1, -0.05) is 19.8 Å². The second kappa shape index (κ2) is 11.8. The Labute approximate surface area is 134 Å². The maximum absolute atomic E-state index is 11.6. The fourth-order valence-corrected chi connectivity index (χ4v) is 1.53. The van der Waals surface area contributed by atoms with Crippen molar-refractivity contribution in [2.75, 3.05) is 6.61 Å². The van der Waals surface area contributed by atoms with E-state index in [2.05, 4.69) is 0 Å². The third kappa shape index (κ3) is 13.9. The number of ether oxygens (including phenoxy) is 2. The normalized spacial score (nSPS) is 12.2. The quantitative estimate of drug-likeness (QED) is 0.521. The molecule has 2 N–H and O–H groups in total. The van der Waals surface area contributed by atoms with Crippen LogP contribution in [0.4, 0.5) is 0 Å². The molecule has 0 amide bonds. The van der Waals surface area contributed by atoms with Crippen LogP contribution in [-0.2, 0) is 19.1 Å². The summed E-state index contributed by atoms with van der Waals surface area (Å²) in [6, 6.07) is -0.620. The Morgan fingerprint density at radius 2 is 1.76 bits per heavy atom. The van der Waals surface area contributed by atoms with Gasteiger partial charge < -0.3 is 15.2 Å². The minimum absolute atomic E-state index is 0. The first-order valence-corrected chi connectivity index (χ1v) is 7.40. The van der Waals surface area contributed by atoms with E-state index < -0.39 is 11.6 Å².